The number of benzene rings is 2. The van der Waals surface area contributed by atoms with Crippen molar-refractivity contribution in [1.29, 1.82) is 0 Å². The van der Waals surface area contributed by atoms with Crippen LogP contribution in [-0.2, 0) is 10.0 Å². The largest absolute Gasteiger partial charge is 0.304 e. The van der Waals surface area contributed by atoms with Crippen LogP contribution in [0.1, 0.15) is 18.5 Å². The molecule has 5 nitrogen and oxygen atoms in total. The molecule has 142 valence electrons. The van der Waals surface area contributed by atoms with Crippen LogP contribution in [0.3, 0.4) is 0 Å². The smallest absolute Gasteiger partial charge is 0.268 e. The quantitative estimate of drug-likeness (QED) is 0.694. The van der Waals surface area contributed by atoms with Crippen LogP contribution in [0.5, 0.6) is 0 Å². The number of hydrogen-bond donors (Lipinski definition) is 0. The van der Waals surface area contributed by atoms with Gasteiger partial charge in [-0.25, -0.2) is 12.4 Å². The van der Waals surface area contributed by atoms with E-state index < -0.39 is 10.0 Å². The summed E-state index contributed by atoms with van der Waals surface area (Å²) in [6, 6.07) is 16.6. The first-order chi connectivity index (χ1) is 13.0. The summed E-state index contributed by atoms with van der Waals surface area (Å²) in [6.07, 6.45) is 1.82. The van der Waals surface area contributed by atoms with Crippen LogP contribution in [0.15, 0.2) is 65.7 Å². The first-order valence-electron chi connectivity index (χ1n) is 9.31. The lowest BCUT2D eigenvalue weighted by molar-refractivity contribution is 0.119. The van der Waals surface area contributed by atoms with Gasteiger partial charge < -0.3 is 4.90 Å². The van der Waals surface area contributed by atoms with Crippen LogP contribution in [0.4, 0.5) is 0 Å². The molecule has 0 spiro atoms. The Hall–Kier alpha value is -2.15. The predicted octanol–water partition coefficient (Wildman–Crippen LogP) is 3.19. The van der Waals surface area contributed by atoms with Crippen molar-refractivity contribution in [3.63, 3.8) is 0 Å². The number of fused-ring (bicyclic) bond motifs is 1. The number of likely N-dealkylation sites (N-methyl/N-ethyl adjacent to an activating group) is 1. The lowest BCUT2D eigenvalue weighted by Crippen LogP contribution is -2.45. The van der Waals surface area contributed by atoms with E-state index in [1.807, 2.05) is 36.5 Å². The minimum atomic E-state index is -3.63. The zero-order chi connectivity index (χ0) is 19.0. The molecule has 27 heavy (non-hydrogen) atoms. The summed E-state index contributed by atoms with van der Waals surface area (Å²) in [6.45, 7) is 6.22. The molecule has 0 saturated carbocycles. The van der Waals surface area contributed by atoms with Crippen molar-refractivity contribution in [3.05, 3.63) is 66.4 Å². The molecular formula is C21H25N3O2S. The molecule has 2 aromatic carbocycles. The Labute approximate surface area is 160 Å². The molecule has 0 aliphatic carbocycles. The van der Waals surface area contributed by atoms with Gasteiger partial charge in [0.15, 0.2) is 0 Å². The van der Waals surface area contributed by atoms with Gasteiger partial charge in [0.05, 0.1) is 10.4 Å². The summed E-state index contributed by atoms with van der Waals surface area (Å²) < 4.78 is 27.9. The van der Waals surface area contributed by atoms with E-state index in [0.717, 1.165) is 42.6 Å². The van der Waals surface area contributed by atoms with Gasteiger partial charge in [0.25, 0.3) is 10.0 Å². The summed E-state index contributed by atoms with van der Waals surface area (Å²) in [4.78, 5) is 5.07. The van der Waals surface area contributed by atoms with Crippen molar-refractivity contribution in [2.45, 2.75) is 17.9 Å². The van der Waals surface area contributed by atoms with E-state index in [2.05, 4.69) is 23.8 Å². The molecule has 0 bridgehead atoms. The fourth-order valence-electron chi connectivity index (χ4n) is 3.82. The molecular weight excluding hydrogens is 358 g/mol. The van der Waals surface area contributed by atoms with Gasteiger partial charge >= 0.3 is 0 Å². The Morgan fingerprint density at radius 3 is 2.22 bits per heavy atom. The fourth-order valence-corrected chi connectivity index (χ4v) is 5.22. The zero-order valence-corrected chi connectivity index (χ0v) is 16.6. The fraction of sp³-hybridized carbons (Fsp3) is 0.333. The second kappa shape index (κ2) is 7.11. The van der Waals surface area contributed by atoms with E-state index in [0.29, 0.717) is 4.90 Å². The molecule has 1 aromatic heterocycles. The maximum Gasteiger partial charge on any atom is 0.268 e. The lowest BCUT2D eigenvalue weighted by Gasteiger charge is -2.36. The third kappa shape index (κ3) is 3.29. The molecule has 0 amide bonds. The van der Waals surface area contributed by atoms with E-state index in [-0.39, 0.29) is 6.04 Å². The first kappa shape index (κ1) is 18.2. The highest BCUT2D eigenvalue weighted by Gasteiger charge is 2.26. The third-order valence-corrected chi connectivity index (χ3v) is 7.23. The molecule has 0 radical (unpaired) electrons. The molecule has 4 rings (SSSR count). The van der Waals surface area contributed by atoms with Crippen molar-refractivity contribution in [2.24, 2.45) is 0 Å². The van der Waals surface area contributed by atoms with E-state index in [1.54, 1.807) is 24.3 Å². The Kier molecular flexibility index (Phi) is 4.80. The predicted molar refractivity (Wildman–Crippen MR) is 108 cm³/mol. The topological polar surface area (TPSA) is 45.6 Å². The summed E-state index contributed by atoms with van der Waals surface area (Å²) in [5.74, 6) is 0. The minimum absolute atomic E-state index is 0.163. The summed E-state index contributed by atoms with van der Waals surface area (Å²) in [5.41, 5.74) is 1.80. The molecule has 0 N–H and O–H groups in total. The van der Waals surface area contributed by atoms with Crippen LogP contribution >= 0.6 is 0 Å². The highest BCUT2D eigenvalue weighted by atomic mass is 32.2. The molecule has 1 saturated heterocycles. The van der Waals surface area contributed by atoms with Crippen LogP contribution in [0, 0.1) is 0 Å². The highest BCUT2D eigenvalue weighted by molar-refractivity contribution is 7.90. The first-order valence-corrected chi connectivity index (χ1v) is 10.8. The van der Waals surface area contributed by atoms with Gasteiger partial charge in [-0.3, -0.25) is 4.90 Å². The second-order valence-corrected chi connectivity index (χ2v) is 9.05. The van der Waals surface area contributed by atoms with Crippen molar-refractivity contribution >= 4 is 20.9 Å². The van der Waals surface area contributed by atoms with Gasteiger partial charge in [-0.2, -0.15) is 0 Å². The lowest BCUT2D eigenvalue weighted by atomic mass is 10.1. The second-order valence-electron chi connectivity index (χ2n) is 7.23. The van der Waals surface area contributed by atoms with Crippen molar-refractivity contribution in [2.75, 3.05) is 33.2 Å². The Bertz CT molecular complexity index is 1040. The standard InChI is InChI=1S/C21H25N3O2S/c1-17(23-14-12-22(2)13-15-23)20-16-24(21-11-7-6-10-19(20)21)27(25,26)18-8-4-3-5-9-18/h3-11,16-17H,12-15H2,1-2H3. The summed E-state index contributed by atoms with van der Waals surface area (Å²) in [7, 11) is -1.49. The molecule has 1 unspecified atom stereocenters. The molecule has 1 fully saturated rings. The van der Waals surface area contributed by atoms with Crippen LogP contribution in [0.25, 0.3) is 10.9 Å². The number of nitrogens with zero attached hydrogens (tertiary/aromatic N) is 3. The number of aromatic nitrogens is 1. The third-order valence-electron chi connectivity index (χ3n) is 5.54. The number of hydrogen-bond acceptors (Lipinski definition) is 4. The van der Waals surface area contributed by atoms with Gasteiger partial charge in [-0.05, 0) is 37.7 Å². The molecule has 3 aromatic rings. The number of piperazine rings is 1. The minimum Gasteiger partial charge on any atom is -0.304 e. The molecule has 1 aliphatic heterocycles. The van der Waals surface area contributed by atoms with Gasteiger partial charge in [-0.15, -0.1) is 0 Å². The average Bonchev–Trinajstić information content (AvgIpc) is 3.09. The maximum absolute atomic E-state index is 13.2. The average molecular weight is 384 g/mol. The number of para-hydroxylation sites is 1. The Morgan fingerprint density at radius 2 is 1.52 bits per heavy atom. The van der Waals surface area contributed by atoms with E-state index >= 15 is 0 Å². The molecule has 2 heterocycles. The molecule has 6 heteroatoms. The molecule has 1 aliphatic rings. The van der Waals surface area contributed by atoms with Gasteiger partial charge in [0.1, 0.15) is 0 Å². The van der Waals surface area contributed by atoms with E-state index in [4.69, 9.17) is 0 Å². The normalized spacial score (nSPS) is 18.0. The number of rotatable bonds is 4. The Balaban J connectivity index is 1.80. The van der Waals surface area contributed by atoms with Crippen molar-refractivity contribution in [1.82, 2.24) is 13.8 Å². The van der Waals surface area contributed by atoms with Crippen LogP contribution in [-0.4, -0.2) is 55.4 Å². The monoisotopic (exact) mass is 383 g/mol. The van der Waals surface area contributed by atoms with Crippen molar-refractivity contribution in [3.8, 4) is 0 Å². The van der Waals surface area contributed by atoms with E-state index in [1.165, 1.54) is 3.97 Å². The van der Waals surface area contributed by atoms with Crippen LogP contribution in [0.2, 0.25) is 0 Å². The SMILES string of the molecule is CC(c1cn(S(=O)(=O)c2ccccc2)c2ccccc12)N1CCN(C)CC1. The maximum atomic E-state index is 13.2. The Morgan fingerprint density at radius 1 is 0.889 bits per heavy atom. The zero-order valence-electron chi connectivity index (χ0n) is 15.7. The van der Waals surface area contributed by atoms with Gasteiger partial charge in [0.2, 0.25) is 0 Å². The highest BCUT2D eigenvalue weighted by Crippen LogP contribution is 2.32. The summed E-state index contributed by atoms with van der Waals surface area (Å²) in [5, 5.41) is 1.00. The van der Waals surface area contributed by atoms with Crippen LogP contribution < -0.4 is 0 Å². The van der Waals surface area contributed by atoms with Gasteiger partial charge in [0, 0.05) is 43.8 Å². The van der Waals surface area contributed by atoms with Gasteiger partial charge in [-0.1, -0.05) is 36.4 Å². The van der Waals surface area contributed by atoms with E-state index in [9.17, 15) is 8.42 Å². The summed E-state index contributed by atoms with van der Waals surface area (Å²) >= 11 is 0. The van der Waals surface area contributed by atoms with Crippen molar-refractivity contribution < 1.29 is 8.42 Å². The molecule has 1 atom stereocenters.